The number of carbonyl (C=O) groups is 4. The molecule has 0 aliphatic heterocycles. The van der Waals surface area contributed by atoms with E-state index in [-0.39, 0.29) is 48.6 Å². The van der Waals surface area contributed by atoms with E-state index in [2.05, 4.69) is 9.47 Å². The lowest BCUT2D eigenvalue weighted by atomic mass is 9.91. The Morgan fingerprint density at radius 2 is 0.857 bits per heavy atom. The number of ether oxygens (including phenoxy) is 4. The van der Waals surface area contributed by atoms with E-state index in [0.29, 0.717) is 38.5 Å². The second-order valence-corrected chi connectivity index (χ2v) is 6.66. The number of esters is 4. The standard InChI is InChI=1S/C20H34O8/c1-25-17(21)13-7-11-15(19(23)27-3)9-5-6-10-16(20(24)28-4)12-8-14-18(22)26-2/h15-16H,5-14H2,1-4H3. The summed E-state index contributed by atoms with van der Waals surface area (Å²) in [4.78, 5) is 46.2. The van der Waals surface area contributed by atoms with Gasteiger partial charge in [-0.1, -0.05) is 12.8 Å². The van der Waals surface area contributed by atoms with Crippen LogP contribution in [0.5, 0.6) is 0 Å². The van der Waals surface area contributed by atoms with Gasteiger partial charge in [0.2, 0.25) is 0 Å². The van der Waals surface area contributed by atoms with Crippen LogP contribution in [0.15, 0.2) is 0 Å². The molecule has 0 bridgehead atoms. The van der Waals surface area contributed by atoms with E-state index in [1.54, 1.807) is 0 Å². The van der Waals surface area contributed by atoms with E-state index in [1.165, 1.54) is 28.4 Å². The minimum absolute atomic E-state index is 0.272. The van der Waals surface area contributed by atoms with Crippen molar-refractivity contribution in [2.24, 2.45) is 11.8 Å². The average Bonchev–Trinajstić information content (AvgIpc) is 2.72. The molecule has 2 unspecified atom stereocenters. The Labute approximate surface area is 167 Å². The van der Waals surface area contributed by atoms with Gasteiger partial charge in [-0.15, -0.1) is 0 Å². The summed E-state index contributed by atoms with van der Waals surface area (Å²) in [7, 11) is 5.38. The second kappa shape index (κ2) is 15.9. The average molecular weight is 402 g/mol. The summed E-state index contributed by atoms with van der Waals surface area (Å²) >= 11 is 0. The minimum Gasteiger partial charge on any atom is -0.469 e. The van der Waals surface area contributed by atoms with Crippen LogP contribution >= 0.6 is 0 Å². The summed E-state index contributed by atoms with van der Waals surface area (Å²) < 4.78 is 18.9. The van der Waals surface area contributed by atoms with Crippen molar-refractivity contribution >= 4 is 23.9 Å². The van der Waals surface area contributed by atoms with Crippen LogP contribution in [-0.2, 0) is 38.1 Å². The van der Waals surface area contributed by atoms with Crippen LogP contribution in [0.3, 0.4) is 0 Å². The fourth-order valence-electron chi connectivity index (χ4n) is 3.06. The third-order valence-electron chi connectivity index (χ3n) is 4.75. The highest BCUT2D eigenvalue weighted by Crippen LogP contribution is 2.22. The first-order valence-corrected chi connectivity index (χ1v) is 9.68. The zero-order chi connectivity index (χ0) is 21.4. The molecule has 0 saturated carbocycles. The molecule has 8 nitrogen and oxygen atoms in total. The largest absolute Gasteiger partial charge is 0.469 e. The van der Waals surface area contributed by atoms with Gasteiger partial charge in [-0.05, 0) is 38.5 Å². The van der Waals surface area contributed by atoms with E-state index in [9.17, 15) is 19.2 Å². The molecule has 0 saturated heterocycles. The smallest absolute Gasteiger partial charge is 0.308 e. The van der Waals surface area contributed by atoms with E-state index < -0.39 is 0 Å². The summed E-state index contributed by atoms with van der Waals surface area (Å²) in [5.74, 6) is -1.70. The van der Waals surface area contributed by atoms with Gasteiger partial charge >= 0.3 is 23.9 Å². The molecule has 0 aromatic carbocycles. The molecule has 0 radical (unpaired) electrons. The van der Waals surface area contributed by atoms with Gasteiger partial charge in [0.05, 0.1) is 40.3 Å². The Morgan fingerprint density at radius 1 is 0.536 bits per heavy atom. The third-order valence-corrected chi connectivity index (χ3v) is 4.75. The first-order chi connectivity index (χ1) is 13.4. The van der Waals surface area contributed by atoms with Gasteiger partial charge in [0.1, 0.15) is 0 Å². The molecule has 0 spiro atoms. The summed E-state index contributed by atoms with van der Waals surface area (Å²) in [5, 5.41) is 0. The number of hydrogen-bond donors (Lipinski definition) is 0. The summed E-state index contributed by atoms with van der Waals surface area (Å²) in [5.41, 5.74) is 0. The number of unbranched alkanes of at least 4 members (excludes halogenated alkanes) is 1. The highest BCUT2D eigenvalue weighted by molar-refractivity contribution is 5.73. The van der Waals surface area contributed by atoms with Crippen molar-refractivity contribution in [2.45, 2.75) is 64.2 Å². The zero-order valence-electron chi connectivity index (χ0n) is 17.5. The van der Waals surface area contributed by atoms with Crippen LogP contribution < -0.4 is 0 Å². The van der Waals surface area contributed by atoms with E-state index in [0.717, 1.165) is 12.8 Å². The molecule has 8 heteroatoms. The van der Waals surface area contributed by atoms with Gasteiger partial charge in [0.15, 0.2) is 0 Å². The minimum atomic E-state index is -0.295. The van der Waals surface area contributed by atoms with Crippen molar-refractivity contribution in [3.05, 3.63) is 0 Å². The monoisotopic (exact) mass is 402 g/mol. The Balaban J connectivity index is 4.37. The first kappa shape index (κ1) is 25.9. The van der Waals surface area contributed by atoms with Crippen molar-refractivity contribution in [3.8, 4) is 0 Å². The Bertz CT molecular complexity index is 445. The molecule has 0 heterocycles. The SMILES string of the molecule is COC(=O)CCCC(CCCCC(CCCC(=O)OC)C(=O)OC)C(=O)OC. The zero-order valence-corrected chi connectivity index (χ0v) is 17.5. The van der Waals surface area contributed by atoms with E-state index in [4.69, 9.17) is 9.47 Å². The fourth-order valence-corrected chi connectivity index (χ4v) is 3.06. The Kier molecular flexibility index (Phi) is 14.7. The molecular formula is C20H34O8. The molecule has 0 N–H and O–H groups in total. The third kappa shape index (κ3) is 11.6. The van der Waals surface area contributed by atoms with Gasteiger partial charge in [-0.2, -0.15) is 0 Å². The van der Waals surface area contributed by atoms with Crippen molar-refractivity contribution in [1.82, 2.24) is 0 Å². The fraction of sp³-hybridized carbons (Fsp3) is 0.800. The van der Waals surface area contributed by atoms with Gasteiger partial charge in [-0.3, -0.25) is 19.2 Å². The molecule has 0 fully saturated rings. The van der Waals surface area contributed by atoms with Crippen LogP contribution in [0.4, 0.5) is 0 Å². The predicted octanol–water partition coefficient (Wildman–Crippen LogP) is 2.81. The van der Waals surface area contributed by atoms with Crippen LogP contribution in [0.1, 0.15) is 64.2 Å². The molecule has 0 amide bonds. The summed E-state index contributed by atoms with van der Waals surface area (Å²) in [6.07, 6.45) is 5.54. The van der Waals surface area contributed by atoms with Gasteiger partial charge in [0.25, 0.3) is 0 Å². The molecular weight excluding hydrogens is 368 g/mol. The number of rotatable bonds is 15. The molecule has 0 aromatic rings. The highest BCUT2D eigenvalue weighted by atomic mass is 16.5. The lowest BCUT2D eigenvalue weighted by Crippen LogP contribution is -2.18. The van der Waals surface area contributed by atoms with Gasteiger partial charge in [0, 0.05) is 12.8 Å². The number of methoxy groups -OCH3 is 4. The van der Waals surface area contributed by atoms with Crippen LogP contribution in [0.25, 0.3) is 0 Å². The Morgan fingerprint density at radius 3 is 1.14 bits per heavy atom. The van der Waals surface area contributed by atoms with Crippen LogP contribution in [0, 0.1) is 11.8 Å². The van der Waals surface area contributed by atoms with Crippen molar-refractivity contribution in [1.29, 1.82) is 0 Å². The maximum atomic E-state index is 11.9. The Hall–Kier alpha value is -2.12. The van der Waals surface area contributed by atoms with Crippen molar-refractivity contribution in [2.75, 3.05) is 28.4 Å². The quantitative estimate of drug-likeness (QED) is 0.234. The van der Waals surface area contributed by atoms with Gasteiger partial charge < -0.3 is 18.9 Å². The lowest BCUT2D eigenvalue weighted by molar-refractivity contribution is -0.147. The molecule has 28 heavy (non-hydrogen) atoms. The number of carbonyl (C=O) groups excluding carboxylic acids is 4. The number of hydrogen-bond acceptors (Lipinski definition) is 8. The molecule has 162 valence electrons. The predicted molar refractivity (Wildman–Crippen MR) is 101 cm³/mol. The molecule has 0 aliphatic rings. The second-order valence-electron chi connectivity index (χ2n) is 6.66. The maximum Gasteiger partial charge on any atom is 0.308 e. The maximum absolute atomic E-state index is 11.9. The normalized spacial score (nSPS) is 12.6. The molecule has 0 aromatic heterocycles. The lowest BCUT2D eigenvalue weighted by Gasteiger charge is -2.16. The molecule has 2 atom stereocenters. The van der Waals surface area contributed by atoms with Crippen molar-refractivity contribution in [3.63, 3.8) is 0 Å². The molecule has 0 rings (SSSR count). The van der Waals surface area contributed by atoms with E-state index in [1.807, 2.05) is 0 Å². The topological polar surface area (TPSA) is 105 Å². The van der Waals surface area contributed by atoms with Gasteiger partial charge in [-0.25, -0.2) is 0 Å². The summed E-state index contributed by atoms with van der Waals surface area (Å²) in [6.45, 7) is 0. The highest BCUT2D eigenvalue weighted by Gasteiger charge is 2.22. The first-order valence-electron chi connectivity index (χ1n) is 9.68. The van der Waals surface area contributed by atoms with Crippen LogP contribution in [0.2, 0.25) is 0 Å². The van der Waals surface area contributed by atoms with Crippen LogP contribution in [-0.4, -0.2) is 52.3 Å². The van der Waals surface area contributed by atoms with Crippen molar-refractivity contribution < 1.29 is 38.1 Å². The molecule has 0 aliphatic carbocycles. The van der Waals surface area contributed by atoms with E-state index >= 15 is 0 Å². The summed E-state index contributed by atoms with van der Waals surface area (Å²) in [6, 6.07) is 0.